The summed E-state index contributed by atoms with van der Waals surface area (Å²) >= 11 is 0. The second-order valence-corrected chi connectivity index (χ2v) is 8.44. The van der Waals surface area contributed by atoms with Gasteiger partial charge in [-0.15, -0.1) is 0 Å². The third-order valence-corrected chi connectivity index (χ3v) is 6.04. The maximum absolute atomic E-state index is 14.9. The first kappa shape index (κ1) is 23.2. The molecule has 0 atom stereocenters. The maximum atomic E-state index is 14.9. The smallest absolute Gasteiger partial charge is 0.240 e. The molecule has 0 aliphatic heterocycles. The molecule has 0 unspecified atom stereocenters. The summed E-state index contributed by atoms with van der Waals surface area (Å²) in [5, 5.41) is 5.90. The van der Waals surface area contributed by atoms with Crippen LogP contribution in [0.3, 0.4) is 0 Å². The van der Waals surface area contributed by atoms with Crippen molar-refractivity contribution in [3.05, 3.63) is 84.6 Å². The van der Waals surface area contributed by atoms with Crippen molar-refractivity contribution >= 4 is 34.1 Å². The maximum Gasteiger partial charge on any atom is 0.240 e. The summed E-state index contributed by atoms with van der Waals surface area (Å²) in [5.74, 6) is -1.20. The van der Waals surface area contributed by atoms with Crippen LogP contribution in [0.25, 0.3) is 10.9 Å². The Balaban J connectivity index is 1.29. The topological polar surface area (TPSA) is 89.6 Å². The van der Waals surface area contributed by atoms with E-state index in [4.69, 9.17) is 9.47 Å². The van der Waals surface area contributed by atoms with Crippen LogP contribution in [0, 0.1) is 17.0 Å². The summed E-state index contributed by atoms with van der Waals surface area (Å²) in [6.07, 6.45) is 2.27. The number of nitrogens with one attached hydrogen (secondary N) is 2. The van der Waals surface area contributed by atoms with Crippen molar-refractivity contribution in [3.63, 3.8) is 0 Å². The molecule has 0 bridgehead atoms. The van der Waals surface area contributed by atoms with Crippen molar-refractivity contribution < 1.29 is 27.8 Å². The van der Waals surface area contributed by atoms with Crippen molar-refractivity contribution in [1.29, 1.82) is 0 Å². The monoisotopic (exact) mass is 489 g/mol. The Hall–Kier alpha value is -4.53. The number of nitrogens with zero attached hydrogens (tertiary/aromatic N) is 1. The second-order valence-electron chi connectivity index (χ2n) is 8.44. The van der Waals surface area contributed by atoms with E-state index >= 15 is 0 Å². The van der Waals surface area contributed by atoms with Gasteiger partial charge in [-0.25, -0.2) is 8.78 Å². The van der Waals surface area contributed by atoms with E-state index in [9.17, 15) is 18.4 Å². The highest BCUT2D eigenvalue weighted by Gasteiger charge is 2.56. The van der Waals surface area contributed by atoms with E-state index in [2.05, 4.69) is 15.6 Å². The van der Waals surface area contributed by atoms with Crippen molar-refractivity contribution in [2.24, 2.45) is 5.41 Å². The van der Waals surface area contributed by atoms with Gasteiger partial charge in [-0.1, -0.05) is 0 Å². The first-order valence-corrected chi connectivity index (χ1v) is 11.2. The summed E-state index contributed by atoms with van der Waals surface area (Å²) in [4.78, 5) is 29.9. The van der Waals surface area contributed by atoms with Gasteiger partial charge in [-0.3, -0.25) is 14.6 Å². The largest absolute Gasteiger partial charge is 0.497 e. The molecule has 7 nitrogen and oxygen atoms in total. The molecule has 1 saturated carbocycles. The lowest BCUT2D eigenvalue weighted by atomic mass is 10.0. The molecule has 182 valence electrons. The third kappa shape index (κ3) is 4.55. The molecule has 1 aliphatic rings. The van der Waals surface area contributed by atoms with Crippen LogP contribution in [-0.2, 0) is 9.59 Å². The van der Waals surface area contributed by atoms with Crippen LogP contribution in [0.1, 0.15) is 12.8 Å². The standard InChI is InChI=1S/C27H21F2N3O4/c1-35-19-7-8-22-20(15-19)23(10-13-30-22)36-24-9-6-18(14-21(24)29)32-26(34)27(11-12-27)25(33)31-17-4-2-16(28)3-5-17/h2-10,13-15H,11-12H2,1H3,(H,31,33)(H,32,34). The van der Waals surface area contributed by atoms with Gasteiger partial charge < -0.3 is 20.1 Å². The lowest BCUT2D eigenvalue weighted by Crippen LogP contribution is -2.35. The molecule has 36 heavy (non-hydrogen) atoms. The molecule has 1 fully saturated rings. The number of carbonyl (C=O) groups excluding carboxylic acids is 2. The minimum atomic E-state index is -1.25. The number of fused-ring (bicyclic) bond motifs is 1. The highest BCUT2D eigenvalue weighted by atomic mass is 19.1. The number of aromatic nitrogens is 1. The molecular formula is C27H21F2N3O4. The number of ether oxygens (including phenoxy) is 2. The molecule has 0 spiro atoms. The summed E-state index contributed by atoms with van der Waals surface area (Å²) < 4.78 is 39.0. The summed E-state index contributed by atoms with van der Waals surface area (Å²) in [7, 11) is 1.54. The highest BCUT2D eigenvalue weighted by molar-refractivity contribution is 6.16. The predicted octanol–water partition coefficient (Wildman–Crippen LogP) is 5.67. The number of pyridine rings is 1. The van der Waals surface area contributed by atoms with Gasteiger partial charge in [0.2, 0.25) is 11.8 Å². The number of anilines is 2. The Morgan fingerprint density at radius 3 is 2.22 bits per heavy atom. The number of amides is 2. The highest BCUT2D eigenvalue weighted by Crippen LogP contribution is 2.47. The average molecular weight is 489 g/mol. The Morgan fingerprint density at radius 1 is 0.861 bits per heavy atom. The van der Waals surface area contributed by atoms with E-state index in [0.717, 1.165) is 6.07 Å². The number of benzene rings is 3. The van der Waals surface area contributed by atoms with Gasteiger partial charge in [0.05, 0.1) is 12.6 Å². The van der Waals surface area contributed by atoms with Crippen molar-refractivity contribution in [3.8, 4) is 17.2 Å². The van der Waals surface area contributed by atoms with Gasteiger partial charge in [0, 0.05) is 29.0 Å². The van der Waals surface area contributed by atoms with Crippen LogP contribution in [0.5, 0.6) is 17.2 Å². The van der Waals surface area contributed by atoms with Gasteiger partial charge in [-0.05, 0) is 73.5 Å². The average Bonchev–Trinajstić information content (AvgIpc) is 3.69. The van der Waals surface area contributed by atoms with Crippen molar-refractivity contribution in [1.82, 2.24) is 4.98 Å². The minimum absolute atomic E-state index is 0.0430. The van der Waals surface area contributed by atoms with Crippen molar-refractivity contribution in [2.75, 3.05) is 17.7 Å². The van der Waals surface area contributed by atoms with Crippen molar-refractivity contribution in [2.45, 2.75) is 12.8 Å². The first-order chi connectivity index (χ1) is 17.4. The summed E-state index contributed by atoms with van der Waals surface area (Å²) in [5.41, 5.74) is -0.0258. The fraction of sp³-hybridized carbons (Fsp3) is 0.148. The fourth-order valence-corrected chi connectivity index (χ4v) is 3.81. The van der Waals surface area contributed by atoms with E-state index in [0.29, 0.717) is 40.9 Å². The van der Waals surface area contributed by atoms with Crippen LogP contribution in [0.2, 0.25) is 0 Å². The molecule has 1 aliphatic carbocycles. The Kier molecular flexibility index (Phi) is 5.97. The predicted molar refractivity (Wildman–Crippen MR) is 130 cm³/mol. The molecule has 9 heteroatoms. The van der Waals surface area contributed by atoms with Gasteiger partial charge in [0.25, 0.3) is 0 Å². The zero-order valence-electron chi connectivity index (χ0n) is 19.2. The van der Waals surface area contributed by atoms with E-state index in [1.54, 1.807) is 37.6 Å². The normalized spacial score (nSPS) is 13.6. The summed E-state index contributed by atoms with van der Waals surface area (Å²) in [6, 6.07) is 16.2. The van der Waals surface area contributed by atoms with Gasteiger partial charge in [0.15, 0.2) is 11.6 Å². The zero-order valence-corrected chi connectivity index (χ0v) is 19.2. The van der Waals surface area contributed by atoms with E-state index in [-0.39, 0.29) is 11.4 Å². The van der Waals surface area contributed by atoms with Crippen LogP contribution >= 0.6 is 0 Å². The molecule has 0 radical (unpaired) electrons. The van der Waals surface area contributed by atoms with Gasteiger partial charge in [-0.2, -0.15) is 0 Å². The lowest BCUT2D eigenvalue weighted by Gasteiger charge is -2.16. The SMILES string of the molecule is COc1ccc2nccc(Oc3ccc(NC(=O)C4(C(=O)Nc5ccc(F)cc5)CC4)cc3F)c2c1. The lowest BCUT2D eigenvalue weighted by molar-refractivity contribution is -0.131. The number of carbonyl (C=O) groups is 2. The van der Waals surface area contributed by atoms with E-state index < -0.39 is 28.9 Å². The molecule has 0 saturated heterocycles. The Bertz CT molecular complexity index is 1470. The molecular weight excluding hydrogens is 468 g/mol. The Labute approximate surface area is 205 Å². The third-order valence-electron chi connectivity index (χ3n) is 6.04. The quantitative estimate of drug-likeness (QED) is 0.327. The molecule has 2 N–H and O–H groups in total. The zero-order chi connectivity index (χ0) is 25.3. The van der Waals surface area contributed by atoms with Gasteiger partial charge in [0.1, 0.15) is 22.7 Å². The molecule has 4 aromatic rings. The van der Waals surface area contributed by atoms with Crippen LogP contribution < -0.4 is 20.1 Å². The molecule has 1 aromatic heterocycles. The van der Waals surface area contributed by atoms with E-state index in [1.807, 2.05) is 0 Å². The number of hydrogen-bond acceptors (Lipinski definition) is 5. The Morgan fingerprint density at radius 2 is 1.56 bits per heavy atom. The van der Waals surface area contributed by atoms with Crippen LogP contribution in [0.15, 0.2) is 72.9 Å². The number of hydrogen-bond donors (Lipinski definition) is 2. The number of rotatable bonds is 7. The minimum Gasteiger partial charge on any atom is -0.497 e. The number of methoxy groups -OCH3 is 1. The second kappa shape index (κ2) is 9.26. The van der Waals surface area contributed by atoms with Crippen LogP contribution in [0.4, 0.5) is 20.2 Å². The number of halogens is 2. The molecule has 2 amide bonds. The van der Waals surface area contributed by atoms with Gasteiger partial charge >= 0.3 is 0 Å². The molecule has 5 rings (SSSR count). The molecule has 1 heterocycles. The fourth-order valence-electron chi connectivity index (χ4n) is 3.81. The molecule has 3 aromatic carbocycles. The van der Waals surface area contributed by atoms with Crippen LogP contribution in [-0.4, -0.2) is 23.9 Å². The first-order valence-electron chi connectivity index (χ1n) is 11.2. The summed E-state index contributed by atoms with van der Waals surface area (Å²) in [6.45, 7) is 0. The van der Waals surface area contributed by atoms with E-state index in [1.165, 1.54) is 36.4 Å².